The van der Waals surface area contributed by atoms with Crippen LogP contribution in [0.4, 0.5) is 0 Å². The fraction of sp³-hybridized carbons (Fsp3) is 0.308. The molecule has 3 nitrogen and oxygen atoms in total. The fourth-order valence-electron chi connectivity index (χ4n) is 1.84. The van der Waals surface area contributed by atoms with Crippen LogP contribution < -0.4 is 5.32 Å². The molecule has 0 aliphatic rings. The van der Waals surface area contributed by atoms with Gasteiger partial charge in [-0.3, -0.25) is 4.79 Å². The van der Waals surface area contributed by atoms with Crippen molar-refractivity contribution >= 4 is 16.8 Å². The molecule has 0 saturated heterocycles. The number of fused-ring (bicyclic) bond motifs is 1. The molecule has 1 aromatic heterocycles. The van der Waals surface area contributed by atoms with Gasteiger partial charge in [-0.2, -0.15) is 0 Å². The maximum Gasteiger partial charge on any atom is 0.179 e. The van der Waals surface area contributed by atoms with Crippen molar-refractivity contribution in [2.24, 2.45) is 0 Å². The normalized spacial score (nSPS) is 12.9. The molecule has 1 N–H and O–H groups in total. The first-order chi connectivity index (χ1) is 7.76. The van der Waals surface area contributed by atoms with Gasteiger partial charge >= 0.3 is 0 Å². The van der Waals surface area contributed by atoms with E-state index in [0.717, 1.165) is 23.0 Å². The molecule has 0 radical (unpaired) electrons. The Kier molecular flexibility index (Phi) is 3.06. The zero-order chi connectivity index (χ0) is 11.5. The Morgan fingerprint density at radius 1 is 1.44 bits per heavy atom. The van der Waals surface area contributed by atoms with Crippen molar-refractivity contribution in [1.29, 1.82) is 0 Å². The average Bonchev–Trinajstić information content (AvgIpc) is 2.77. The quantitative estimate of drug-likeness (QED) is 0.800. The van der Waals surface area contributed by atoms with E-state index in [2.05, 4.69) is 5.32 Å². The Morgan fingerprint density at radius 2 is 2.25 bits per heavy atom. The lowest BCUT2D eigenvalue weighted by Gasteiger charge is -2.12. The Hall–Kier alpha value is -1.61. The number of nitrogens with one attached hydrogen (secondary N) is 1. The minimum absolute atomic E-state index is 0.107. The number of furan rings is 1. The van der Waals surface area contributed by atoms with Crippen LogP contribution in [-0.4, -0.2) is 18.9 Å². The number of Topliss-reactive ketones (excluding diaryl/α,β-unsaturated/α-hetero) is 1. The Balaban J connectivity index is 2.35. The van der Waals surface area contributed by atoms with Gasteiger partial charge in [-0.1, -0.05) is 6.92 Å². The highest BCUT2D eigenvalue weighted by Gasteiger charge is 2.16. The molecular weight excluding hydrogens is 202 g/mol. The molecule has 2 rings (SSSR count). The van der Waals surface area contributed by atoms with Crippen LogP contribution in [0.15, 0.2) is 34.9 Å². The van der Waals surface area contributed by atoms with E-state index >= 15 is 0 Å². The van der Waals surface area contributed by atoms with Crippen molar-refractivity contribution in [1.82, 2.24) is 5.32 Å². The summed E-state index contributed by atoms with van der Waals surface area (Å²) in [6.45, 7) is 2.00. The minimum atomic E-state index is -0.107. The average molecular weight is 217 g/mol. The molecule has 84 valence electrons. The molecule has 0 aliphatic heterocycles. The van der Waals surface area contributed by atoms with Crippen molar-refractivity contribution in [3.63, 3.8) is 0 Å². The SMILES string of the molecule is CC[C@H](NC)C(=O)c1ccc2occc2c1. The van der Waals surface area contributed by atoms with E-state index in [4.69, 9.17) is 4.42 Å². The van der Waals surface area contributed by atoms with Crippen LogP contribution in [0.25, 0.3) is 11.0 Å². The summed E-state index contributed by atoms with van der Waals surface area (Å²) in [4.78, 5) is 12.1. The first kappa shape index (κ1) is 10.9. The van der Waals surface area contributed by atoms with Gasteiger partial charge in [0.1, 0.15) is 5.58 Å². The summed E-state index contributed by atoms with van der Waals surface area (Å²) in [7, 11) is 1.81. The highest BCUT2D eigenvalue weighted by atomic mass is 16.3. The zero-order valence-electron chi connectivity index (χ0n) is 9.49. The summed E-state index contributed by atoms with van der Waals surface area (Å²) >= 11 is 0. The third kappa shape index (κ3) is 1.86. The fourth-order valence-corrected chi connectivity index (χ4v) is 1.84. The molecular formula is C13H15NO2. The second-order valence-electron chi connectivity index (χ2n) is 3.79. The number of rotatable bonds is 4. The highest BCUT2D eigenvalue weighted by Crippen LogP contribution is 2.18. The predicted molar refractivity (Wildman–Crippen MR) is 63.7 cm³/mol. The second kappa shape index (κ2) is 4.49. The van der Waals surface area contributed by atoms with Gasteiger partial charge in [-0.25, -0.2) is 0 Å². The van der Waals surface area contributed by atoms with Crippen molar-refractivity contribution in [2.45, 2.75) is 19.4 Å². The first-order valence-corrected chi connectivity index (χ1v) is 5.45. The lowest BCUT2D eigenvalue weighted by atomic mass is 10.0. The van der Waals surface area contributed by atoms with Crippen molar-refractivity contribution in [3.05, 3.63) is 36.1 Å². The Morgan fingerprint density at radius 3 is 2.94 bits per heavy atom. The molecule has 1 heterocycles. The van der Waals surface area contributed by atoms with Gasteiger partial charge in [0, 0.05) is 10.9 Å². The molecule has 0 aliphatic carbocycles. The number of hydrogen-bond acceptors (Lipinski definition) is 3. The van der Waals surface area contributed by atoms with E-state index in [1.165, 1.54) is 0 Å². The monoisotopic (exact) mass is 217 g/mol. The number of ketones is 1. The summed E-state index contributed by atoms with van der Waals surface area (Å²) in [5, 5.41) is 3.99. The van der Waals surface area contributed by atoms with Crippen LogP contribution >= 0.6 is 0 Å². The number of hydrogen-bond donors (Lipinski definition) is 1. The maximum atomic E-state index is 12.1. The van der Waals surface area contributed by atoms with Gasteiger partial charge in [0.05, 0.1) is 12.3 Å². The van der Waals surface area contributed by atoms with Crippen molar-refractivity contribution < 1.29 is 9.21 Å². The van der Waals surface area contributed by atoms with Gasteiger partial charge in [-0.15, -0.1) is 0 Å². The third-order valence-electron chi connectivity index (χ3n) is 2.81. The second-order valence-corrected chi connectivity index (χ2v) is 3.79. The third-order valence-corrected chi connectivity index (χ3v) is 2.81. The van der Waals surface area contributed by atoms with Crippen LogP contribution in [0.1, 0.15) is 23.7 Å². The van der Waals surface area contributed by atoms with Crippen LogP contribution in [0.5, 0.6) is 0 Å². The molecule has 0 unspecified atom stereocenters. The number of carbonyl (C=O) groups excluding carboxylic acids is 1. The number of likely N-dealkylation sites (N-methyl/N-ethyl adjacent to an activating group) is 1. The zero-order valence-corrected chi connectivity index (χ0v) is 9.49. The molecule has 0 bridgehead atoms. The molecule has 1 atom stereocenters. The molecule has 1 aromatic carbocycles. The van der Waals surface area contributed by atoms with E-state index in [-0.39, 0.29) is 11.8 Å². The highest BCUT2D eigenvalue weighted by molar-refractivity contribution is 6.02. The smallest absolute Gasteiger partial charge is 0.179 e. The summed E-state index contributed by atoms with van der Waals surface area (Å²) in [5.74, 6) is 0.133. The molecule has 0 saturated carbocycles. The largest absolute Gasteiger partial charge is 0.464 e. The van der Waals surface area contributed by atoms with Gasteiger partial charge in [0.15, 0.2) is 5.78 Å². The summed E-state index contributed by atoms with van der Waals surface area (Å²) < 4.78 is 5.24. The molecule has 0 fully saturated rings. The summed E-state index contributed by atoms with van der Waals surface area (Å²) in [6.07, 6.45) is 2.42. The number of carbonyl (C=O) groups is 1. The molecule has 0 spiro atoms. The summed E-state index contributed by atoms with van der Waals surface area (Å²) in [5.41, 5.74) is 1.55. The van der Waals surface area contributed by atoms with Crippen molar-refractivity contribution in [2.75, 3.05) is 7.05 Å². The van der Waals surface area contributed by atoms with E-state index in [1.807, 2.05) is 38.2 Å². The lowest BCUT2D eigenvalue weighted by molar-refractivity contribution is 0.0945. The molecule has 2 aromatic rings. The van der Waals surface area contributed by atoms with E-state index in [0.29, 0.717) is 0 Å². The minimum Gasteiger partial charge on any atom is -0.464 e. The van der Waals surface area contributed by atoms with E-state index < -0.39 is 0 Å². The summed E-state index contributed by atoms with van der Waals surface area (Å²) in [6, 6.07) is 7.29. The first-order valence-electron chi connectivity index (χ1n) is 5.45. The van der Waals surface area contributed by atoms with Gasteiger partial charge in [0.25, 0.3) is 0 Å². The van der Waals surface area contributed by atoms with Crippen LogP contribution in [-0.2, 0) is 0 Å². The van der Waals surface area contributed by atoms with Crippen molar-refractivity contribution in [3.8, 4) is 0 Å². The predicted octanol–water partition coefficient (Wildman–Crippen LogP) is 2.61. The van der Waals surface area contributed by atoms with E-state index in [1.54, 1.807) is 6.26 Å². The molecule has 16 heavy (non-hydrogen) atoms. The molecule has 3 heteroatoms. The topological polar surface area (TPSA) is 42.2 Å². The Labute approximate surface area is 94.4 Å². The standard InChI is InChI=1S/C13H15NO2/c1-3-11(14-2)13(15)10-4-5-12-9(8-10)6-7-16-12/h4-8,11,14H,3H2,1-2H3/t11-/m0/s1. The number of benzene rings is 1. The Bertz CT molecular complexity index is 497. The maximum absolute atomic E-state index is 12.1. The van der Waals surface area contributed by atoms with Gasteiger partial charge < -0.3 is 9.73 Å². The lowest BCUT2D eigenvalue weighted by Crippen LogP contribution is -2.33. The van der Waals surface area contributed by atoms with Crippen LogP contribution in [0, 0.1) is 0 Å². The van der Waals surface area contributed by atoms with Gasteiger partial charge in [0.2, 0.25) is 0 Å². The van der Waals surface area contributed by atoms with Crippen LogP contribution in [0.2, 0.25) is 0 Å². The van der Waals surface area contributed by atoms with Gasteiger partial charge in [-0.05, 0) is 37.7 Å². The molecule has 0 amide bonds. The van der Waals surface area contributed by atoms with E-state index in [9.17, 15) is 4.79 Å². The van der Waals surface area contributed by atoms with Crippen LogP contribution in [0.3, 0.4) is 0 Å².